The maximum absolute atomic E-state index is 12.6. The third kappa shape index (κ3) is 5.41. The molecule has 0 aliphatic rings. The van der Waals surface area contributed by atoms with Gasteiger partial charge in [-0.3, -0.25) is 15.1 Å². The van der Waals surface area contributed by atoms with Gasteiger partial charge in [0.05, 0.1) is 13.7 Å². The molecule has 1 amide bonds. The Bertz CT molecular complexity index is 937. The largest absolute Gasteiger partial charge is 0.497 e. The number of nitrogens with zero attached hydrogens (tertiary/aromatic N) is 2. The van der Waals surface area contributed by atoms with E-state index in [1.807, 2.05) is 55.5 Å². The van der Waals surface area contributed by atoms with Gasteiger partial charge < -0.3 is 10.1 Å². The molecule has 0 atom stereocenters. The second-order valence-electron chi connectivity index (χ2n) is 6.20. The van der Waals surface area contributed by atoms with Crippen LogP contribution in [0, 0.1) is 6.92 Å². The molecule has 1 heterocycles. The van der Waals surface area contributed by atoms with Gasteiger partial charge in [-0.25, -0.2) is 4.99 Å². The number of ether oxygens (including phenoxy) is 1. The summed E-state index contributed by atoms with van der Waals surface area (Å²) in [6.45, 7) is 2.37. The van der Waals surface area contributed by atoms with Crippen molar-refractivity contribution in [2.45, 2.75) is 13.5 Å². The smallest absolute Gasteiger partial charge is 0.257 e. The average Bonchev–Trinajstić information content (AvgIpc) is 2.73. The van der Waals surface area contributed by atoms with E-state index in [2.05, 4.69) is 20.6 Å². The summed E-state index contributed by atoms with van der Waals surface area (Å²) in [6, 6.07) is 18.6. The Morgan fingerprint density at radius 2 is 1.82 bits per heavy atom. The fraction of sp³-hybridized carbons (Fsp3) is 0.136. The molecule has 0 aliphatic heterocycles. The highest BCUT2D eigenvalue weighted by molar-refractivity contribution is 6.09. The van der Waals surface area contributed by atoms with Gasteiger partial charge in [-0.05, 0) is 55.0 Å². The van der Waals surface area contributed by atoms with E-state index in [0.717, 1.165) is 22.6 Å². The van der Waals surface area contributed by atoms with Crippen LogP contribution in [0.25, 0.3) is 0 Å². The molecule has 2 aromatic carbocycles. The Labute approximate surface area is 164 Å². The van der Waals surface area contributed by atoms with Crippen LogP contribution in [0.2, 0.25) is 0 Å². The normalized spacial score (nSPS) is 11.0. The van der Waals surface area contributed by atoms with Gasteiger partial charge in [0.15, 0.2) is 0 Å². The number of aryl methyl sites for hydroxylation is 1. The van der Waals surface area contributed by atoms with E-state index in [-0.39, 0.29) is 5.91 Å². The highest BCUT2D eigenvalue weighted by Crippen LogP contribution is 2.15. The SMILES string of the molecule is COc1ccc(NC(=NCc2cccnc2)NC(=O)c2ccc(C)cc2)cc1. The molecule has 0 spiro atoms. The van der Waals surface area contributed by atoms with Gasteiger partial charge in [0.2, 0.25) is 5.96 Å². The number of anilines is 1. The number of aromatic nitrogens is 1. The highest BCUT2D eigenvalue weighted by Gasteiger charge is 2.09. The van der Waals surface area contributed by atoms with Crippen molar-refractivity contribution in [3.63, 3.8) is 0 Å². The summed E-state index contributed by atoms with van der Waals surface area (Å²) in [6.07, 6.45) is 3.46. The first-order chi connectivity index (χ1) is 13.6. The molecule has 1 aromatic heterocycles. The zero-order chi connectivity index (χ0) is 19.8. The number of guanidine groups is 1. The summed E-state index contributed by atoms with van der Waals surface area (Å²) in [5.41, 5.74) is 3.39. The molecule has 0 saturated heterocycles. The lowest BCUT2D eigenvalue weighted by Gasteiger charge is -2.12. The van der Waals surface area contributed by atoms with Gasteiger partial charge >= 0.3 is 0 Å². The molecule has 2 N–H and O–H groups in total. The maximum Gasteiger partial charge on any atom is 0.257 e. The van der Waals surface area contributed by atoms with Crippen LogP contribution in [0.4, 0.5) is 5.69 Å². The van der Waals surface area contributed by atoms with Crippen LogP contribution in [0.1, 0.15) is 21.5 Å². The topological polar surface area (TPSA) is 75.6 Å². The summed E-state index contributed by atoms with van der Waals surface area (Å²) in [7, 11) is 1.62. The van der Waals surface area contributed by atoms with Gasteiger partial charge in [0.25, 0.3) is 5.91 Å². The summed E-state index contributed by atoms with van der Waals surface area (Å²) >= 11 is 0. The van der Waals surface area contributed by atoms with Crippen molar-refractivity contribution < 1.29 is 9.53 Å². The number of amides is 1. The molecule has 28 heavy (non-hydrogen) atoms. The molecule has 0 saturated carbocycles. The lowest BCUT2D eigenvalue weighted by atomic mass is 10.1. The first kappa shape index (κ1) is 19.1. The minimum absolute atomic E-state index is 0.231. The van der Waals surface area contributed by atoms with Crippen molar-refractivity contribution in [1.82, 2.24) is 10.3 Å². The summed E-state index contributed by atoms with van der Waals surface area (Å²) in [5.74, 6) is 0.883. The lowest BCUT2D eigenvalue weighted by molar-refractivity contribution is 0.0977. The maximum atomic E-state index is 12.6. The summed E-state index contributed by atoms with van der Waals surface area (Å²) in [4.78, 5) is 21.2. The van der Waals surface area contributed by atoms with E-state index in [1.54, 1.807) is 31.6 Å². The minimum atomic E-state index is -0.231. The van der Waals surface area contributed by atoms with E-state index in [9.17, 15) is 4.79 Å². The quantitative estimate of drug-likeness (QED) is 0.526. The van der Waals surface area contributed by atoms with E-state index in [4.69, 9.17) is 4.74 Å². The molecule has 0 radical (unpaired) electrons. The Morgan fingerprint density at radius 3 is 2.46 bits per heavy atom. The molecule has 142 valence electrons. The van der Waals surface area contributed by atoms with Gasteiger partial charge in [-0.2, -0.15) is 0 Å². The molecule has 3 aromatic rings. The molecule has 3 rings (SSSR count). The molecular formula is C22H22N4O2. The van der Waals surface area contributed by atoms with Crippen LogP contribution < -0.4 is 15.4 Å². The second kappa shape index (κ2) is 9.32. The standard InChI is InChI=1S/C22H22N4O2/c1-16-5-7-18(8-6-16)21(27)26-22(24-15-17-4-3-13-23-14-17)25-19-9-11-20(28-2)12-10-19/h3-14H,15H2,1-2H3,(H2,24,25,26,27). The van der Waals surface area contributed by atoms with E-state index < -0.39 is 0 Å². The van der Waals surface area contributed by atoms with Crippen LogP contribution >= 0.6 is 0 Å². The van der Waals surface area contributed by atoms with Crippen LogP contribution in [0.15, 0.2) is 78.0 Å². The van der Waals surface area contributed by atoms with Gasteiger partial charge in [0, 0.05) is 23.6 Å². The first-order valence-electron chi connectivity index (χ1n) is 8.86. The number of methoxy groups -OCH3 is 1. The Balaban J connectivity index is 1.78. The number of aliphatic imine (C=N–C) groups is 1. The monoisotopic (exact) mass is 374 g/mol. The number of carbonyl (C=O) groups excluding carboxylic acids is 1. The van der Waals surface area contributed by atoms with Crippen LogP contribution in [-0.2, 0) is 6.54 Å². The predicted octanol–water partition coefficient (Wildman–Crippen LogP) is 3.80. The van der Waals surface area contributed by atoms with Crippen molar-refractivity contribution in [3.05, 3.63) is 89.7 Å². The van der Waals surface area contributed by atoms with E-state index in [0.29, 0.717) is 18.1 Å². The lowest BCUT2D eigenvalue weighted by Crippen LogP contribution is -2.36. The van der Waals surface area contributed by atoms with E-state index in [1.165, 1.54) is 0 Å². The van der Waals surface area contributed by atoms with Crippen molar-refractivity contribution in [2.24, 2.45) is 4.99 Å². The zero-order valence-corrected chi connectivity index (χ0v) is 15.8. The Kier molecular flexibility index (Phi) is 6.36. The molecular weight excluding hydrogens is 352 g/mol. The number of pyridine rings is 1. The number of rotatable bonds is 5. The second-order valence-corrected chi connectivity index (χ2v) is 6.20. The van der Waals surface area contributed by atoms with E-state index >= 15 is 0 Å². The van der Waals surface area contributed by atoms with Crippen LogP contribution in [-0.4, -0.2) is 24.0 Å². The molecule has 0 unspecified atom stereocenters. The molecule has 6 heteroatoms. The first-order valence-corrected chi connectivity index (χ1v) is 8.86. The number of benzene rings is 2. The fourth-order valence-electron chi connectivity index (χ4n) is 2.47. The van der Waals surface area contributed by atoms with Crippen LogP contribution in [0.5, 0.6) is 5.75 Å². The molecule has 0 bridgehead atoms. The third-order valence-electron chi connectivity index (χ3n) is 4.04. The number of hydrogen-bond acceptors (Lipinski definition) is 4. The predicted molar refractivity (Wildman–Crippen MR) is 111 cm³/mol. The molecule has 0 fully saturated rings. The van der Waals surface area contributed by atoms with Gasteiger partial charge in [-0.1, -0.05) is 23.8 Å². The molecule has 6 nitrogen and oxygen atoms in total. The van der Waals surface area contributed by atoms with Crippen LogP contribution in [0.3, 0.4) is 0 Å². The minimum Gasteiger partial charge on any atom is -0.497 e. The average molecular weight is 374 g/mol. The fourth-order valence-corrected chi connectivity index (χ4v) is 2.47. The number of nitrogens with one attached hydrogen (secondary N) is 2. The number of carbonyl (C=O) groups is 1. The third-order valence-corrected chi connectivity index (χ3v) is 4.04. The summed E-state index contributed by atoms with van der Waals surface area (Å²) in [5, 5.41) is 6.00. The van der Waals surface area contributed by atoms with Crippen molar-refractivity contribution >= 4 is 17.6 Å². The Morgan fingerprint density at radius 1 is 1.07 bits per heavy atom. The van der Waals surface area contributed by atoms with Crippen molar-refractivity contribution in [1.29, 1.82) is 0 Å². The zero-order valence-electron chi connectivity index (χ0n) is 15.8. The molecule has 0 aliphatic carbocycles. The van der Waals surface area contributed by atoms with Gasteiger partial charge in [-0.15, -0.1) is 0 Å². The van der Waals surface area contributed by atoms with Crippen molar-refractivity contribution in [3.8, 4) is 5.75 Å². The van der Waals surface area contributed by atoms with Crippen molar-refractivity contribution in [2.75, 3.05) is 12.4 Å². The van der Waals surface area contributed by atoms with Gasteiger partial charge in [0.1, 0.15) is 5.75 Å². The Hall–Kier alpha value is -3.67. The summed E-state index contributed by atoms with van der Waals surface area (Å²) < 4.78 is 5.18. The highest BCUT2D eigenvalue weighted by atomic mass is 16.5. The number of hydrogen-bond donors (Lipinski definition) is 2.